The molecule has 3 N–H and O–H groups in total. The number of guanidine groups is 1. The lowest BCUT2D eigenvalue weighted by Crippen LogP contribution is -2.44. The molecule has 0 aromatic rings. The van der Waals surface area contributed by atoms with Crippen molar-refractivity contribution in [3.63, 3.8) is 0 Å². The predicted molar refractivity (Wildman–Crippen MR) is 128 cm³/mol. The van der Waals surface area contributed by atoms with Crippen LogP contribution >= 0.6 is 24.0 Å². The summed E-state index contributed by atoms with van der Waals surface area (Å²) in [6.07, 6.45) is 9.08. The Morgan fingerprint density at radius 3 is 2.36 bits per heavy atom. The van der Waals surface area contributed by atoms with Crippen LogP contribution in [0.15, 0.2) is 4.99 Å². The Balaban J connectivity index is 0.00000392. The molecular formula is C21H42IN5O. The number of hydrogen-bond acceptors (Lipinski definition) is 3. The second-order valence-electron chi connectivity index (χ2n) is 8.35. The number of halogens is 1. The lowest BCUT2D eigenvalue weighted by molar-refractivity contribution is -0.121. The first kappa shape index (κ1) is 25.5. The largest absolute Gasteiger partial charge is 0.357 e. The monoisotopic (exact) mass is 507 g/mol. The van der Waals surface area contributed by atoms with Gasteiger partial charge in [0.15, 0.2) is 5.96 Å². The molecule has 0 bridgehead atoms. The fourth-order valence-electron chi connectivity index (χ4n) is 3.68. The number of hydrogen-bond donors (Lipinski definition) is 3. The van der Waals surface area contributed by atoms with Crippen LogP contribution in [0.25, 0.3) is 0 Å². The zero-order valence-corrected chi connectivity index (χ0v) is 20.5. The minimum atomic E-state index is 0. The molecule has 28 heavy (non-hydrogen) atoms. The van der Waals surface area contributed by atoms with E-state index in [9.17, 15) is 4.79 Å². The van der Waals surface area contributed by atoms with Crippen molar-refractivity contribution < 1.29 is 4.79 Å². The van der Waals surface area contributed by atoms with Crippen LogP contribution in [0, 0.1) is 5.92 Å². The Bertz CT molecular complexity index is 460. The maximum absolute atomic E-state index is 11.8. The molecule has 1 heterocycles. The third-order valence-electron chi connectivity index (χ3n) is 5.48. The van der Waals surface area contributed by atoms with Gasteiger partial charge in [0.25, 0.3) is 0 Å². The number of carbonyl (C=O) groups excluding carboxylic acids is 1. The Morgan fingerprint density at radius 1 is 1.11 bits per heavy atom. The smallest absolute Gasteiger partial charge is 0.220 e. The first-order valence-electron chi connectivity index (χ1n) is 11.2. The van der Waals surface area contributed by atoms with E-state index in [1.807, 2.05) is 0 Å². The molecule has 1 amide bonds. The molecule has 2 aliphatic rings. The van der Waals surface area contributed by atoms with Gasteiger partial charge in [0, 0.05) is 31.6 Å². The van der Waals surface area contributed by atoms with Crippen LogP contribution in [-0.2, 0) is 4.79 Å². The van der Waals surface area contributed by atoms with E-state index < -0.39 is 0 Å². The first-order valence-corrected chi connectivity index (χ1v) is 11.2. The van der Waals surface area contributed by atoms with E-state index in [2.05, 4.69) is 41.6 Å². The molecule has 7 heteroatoms. The number of rotatable bonds is 10. The summed E-state index contributed by atoms with van der Waals surface area (Å²) in [5, 5.41) is 9.78. The Hall–Kier alpha value is -0.570. The average molecular weight is 508 g/mol. The van der Waals surface area contributed by atoms with Crippen molar-refractivity contribution >= 4 is 35.8 Å². The summed E-state index contributed by atoms with van der Waals surface area (Å²) < 4.78 is 0. The molecule has 2 rings (SSSR count). The van der Waals surface area contributed by atoms with Gasteiger partial charge in [-0.2, -0.15) is 0 Å². The number of carbonyl (C=O) groups is 1. The van der Waals surface area contributed by atoms with Crippen LogP contribution in [0.1, 0.15) is 72.1 Å². The van der Waals surface area contributed by atoms with Crippen molar-refractivity contribution in [2.45, 2.75) is 84.2 Å². The summed E-state index contributed by atoms with van der Waals surface area (Å²) in [7, 11) is 0. The molecule has 1 atom stereocenters. The molecule has 1 unspecified atom stereocenters. The topological polar surface area (TPSA) is 68.8 Å². The molecule has 2 fully saturated rings. The molecule has 164 valence electrons. The highest BCUT2D eigenvalue weighted by atomic mass is 127. The lowest BCUT2D eigenvalue weighted by atomic mass is 10.0. The molecule has 1 aliphatic heterocycles. The Morgan fingerprint density at radius 2 is 1.79 bits per heavy atom. The Kier molecular flexibility index (Phi) is 13.1. The highest BCUT2D eigenvalue weighted by molar-refractivity contribution is 14.0. The summed E-state index contributed by atoms with van der Waals surface area (Å²) in [6.45, 7) is 11.6. The van der Waals surface area contributed by atoms with Gasteiger partial charge < -0.3 is 16.0 Å². The van der Waals surface area contributed by atoms with Crippen LogP contribution < -0.4 is 16.0 Å². The summed E-state index contributed by atoms with van der Waals surface area (Å²) in [6, 6.07) is 0.958. The summed E-state index contributed by atoms with van der Waals surface area (Å²) in [5.41, 5.74) is 0. The van der Waals surface area contributed by atoms with Crippen LogP contribution in [0.5, 0.6) is 0 Å². The number of nitrogens with one attached hydrogen (secondary N) is 3. The number of amides is 1. The third-order valence-corrected chi connectivity index (χ3v) is 5.48. The van der Waals surface area contributed by atoms with Gasteiger partial charge in [-0.1, -0.05) is 26.7 Å². The molecular weight excluding hydrogens is 465 g/mol. The zero-order valence-electron chi connectivity index (χ0n) is 18.1. The molecule has 0 aromatic heterocycles. The predicted octanol–water partition coefficient (Wildman–Crippen LogP) is 3.12. The van der Waals surface area contributed by atoms with Crippen molar-refractivity contribution in [1.29, 1.82) is 0 Å². The van der Waals surface area contributed by atoms with Crippen molar-refractivity contribution in [3.8, 4) is 0 Å². The van der Waals surface area contributed by atoms with Crippen molar-refractivity contribution in [2.75, 3.05) is 32.7 Å². The van der Waals surface area contributed by atoms with E-state index in [1.165, 1.54) is 38.8 Å². The zero-order chi connectivity index (χ0) is 19.5. The van der Waals surface area contributed by atoms with E-state index in [4.69, 9.17) is 4.99 Å². The quantitative estimate of drug-likeness (QED) is 0.184. The van der Waals surface area contributed by atoms with Gasteiger partial charge in [-0.15, -0.1) is 24.0 Å². The molecule has 1 saturated carbocycles. The summed E-state index contributed by atoms with van der Waals surface area (Å²) in [5.74, 6) is 1.66. The third kappa shape index (κ3) is 10.3. The maximum Gasteiger partial charge on any atom is 0.220 e. The van der Waals surface area contributed by atoms with Gasteiger partial charge in [-0.3, -0.25) is 14.7 Å². The molecule has 6 nitrogen and oxygen atoms in total. The fraction of sp³-hybridized carbons (Fsp3) is 0.905. The number of likely N-dealkylation sites (tertiary alicyclic amines) is 1. The molecule has 0 radical (unpaired) electrons. The normalized spacial score (nSPS) is 19.5. The van der Waals surface area contributed by atoms with Gasteiger partial charge in [0.1, 0.15) is 0 Å². The van der Waals surface area contributed by atoms with Gasteiger partial charge in [0.2, 0.25) is 5.91 Å². The molecule has 0 aromatic carbocycles. The SMILES string of the molecule is CCNC(=NCC(C(C)C)N1CCCCCC1)NCCCC(=O)NC1CC1.I. The Labute approximate surface area is 189 Å². The van der Waals surface area contributed by atoms with E-state index in [0.717, 1.165) is 44.9 Å². The standard InChI is InChI=1S/C21H41N5O.HI/c1-4-22-21(23-13-9-10-20(27)25-18-11-12-18)24-16-19(17(2)3)26-14-7-5-6-8-15-26;/h17-19H,4-16H2,1-3H3,(H,25,27)(H2,22,23,24);1H. The summed E-state index contributed by atoms with van der Waals surface area (Å²) in [4.78, 5) is 19.3. The highest BCUT2D eigenvalue weighted by Crippen LogP contribution is 2.19. The average Bonchev–Trinajstić information content (AvgIpc) is 3.46. The van der Waals surface area contributed by atoms with E-state index in [1.54, 1.807) is 0 Å². The van der Waals surface area contributed by atoms with E-state index in [-0.39, 0.29) is 29.9 Å². The first-order chi connectivity index (χ1) is 13.1. The lowest BCUT2D eigenvalue weighted by Gasteiger charge is -2.32. The minimum Gasteiger partial charge on any atom is -0.357 e. The van der Waals surface area contributed by atoms with Crippen molar-refractivity contribution in [2.24, 2.45) is 10.9 Å². The number of nitrogens with zero attached hydrogens (tertiary/aromatic N) is 2. The number of aliphatic imine (C=N–C) groups is 1. The maximum atomic E-state index is 11.8. The second kappa shape index (κ2) is 14.4. The second-order valence-corrected chi connectivity index (χ2v) is 8.35. The molecule has 0 spiro atoms. The van der Waals surface area contributed by atoms with Crippen LogP contribution in [0.3, 0.4) is 0 Å². The van der Waals surface area contributed by atoms with Crippen molar-refractivity contribution in [3.05, 3.63) is 0 Å². The van der Waals surface area contributed by atoms with Crippen LogP contribution in [0.2, 0.25) is 0 Å². The van der Waals surface area contributed by atoms with Crippen LogP contribution in [0.4, 0.5) is 0 Å². The van der Waals surface area contributed by atoms with Crippen LogP contribution in [-0.4, -0.2) is 61.6 Å². The fourth-order valence-corrected chi connectivity index (χ4v) is 3.68. The van der Waals surface area contributed by atoms with E-state index in [0.29, 0.717) is 24.4 Å². The molecule has 1 aliphatic carbocycles. The summed E-state index contributed by atoms with van der Waals surface area (Å²) >= 11 is 0. The van der Waals surface area contributed by atoms with Gasteiger partial charge in [-0.25, -0.2) is 0 Å². The highest BCUT2D eigenvalue weighted by Gasteiger charge is 2.23. The van der Waals surface area contributed by atoms with Gasteiger partial charge >= 0.3 is 0 Å². The molecule has 1 saturated heterocycles. The van der Waals surface area contributed by atoms with Crippen molar-refractivity contribution in [1.82, 2.24) is 20.9 Å². The van der Waals surface area contributed by atoms with Gasteiger partial charge in [0.05, 0.1) is 6.54 Å². The van der Waals surface area contributed by atoms with Gasteiger partial charge in [-0.05, 0) is 58.0 Å². The van der Waals surface area contributed by atoms with E-state index >= 15 is 0 Å². The minimum absolute atomic E-state index is 0.